The van der Waals surface area contributed by atoms with Crippen molar-refractivity contribution in [3.8, 4) is 11.4 Å². The molecule has 0 atom stereocenters. The number of carbonyl (C=O) groups is 1. The van der Waals surface area contributed by atoms with Gasteiger partial charge in [-0.05, 0) is 36.6 Å². The molecule has 0 unspecified atom stereocenters. The fraction of sp³-hybridized carbons (Fsp3) is 0.154. The van der Waals surface area contributed by atoms with Gasteiger partial charge in [0.2, 0.25) is 15.7 Å². The number of amides is 1. The van der Waals surface area contributed by atoms with E-state index >= 15 is 0 Å². The molecule has 0 saturated heterocycles. The van der Waals surface area contributed by atoms with Gasteiger partial charge in [0, 0.05) is 11.3 Å². The van der Waals surface area contributed by atoms with Crippen LogP contribution in [0.4, 0.5) is 5.69 Å². The molecule has 0 aliphatic heterocycles. The zero-order valence-corrected chi connectivity index (χ0v) is 20.5. The summed E-state index contributed by atoms with van der Waals surface area (Å²) in [7, 11) is -3.85. The summed E-state index contributed by atoms with van der Waals surface area (Å²) >= 11 is 1.10. The lowest BCUT2D eigenvalue weighted by Gasteiger charge is -2.12. The Kier molecular flexibility index (Phi) is 7.19. The average molecular weight is 492 g/mol. The summed E-state index contributed by atoms with van der Waals surface area (Å²) in [6.45, 7) is 3.99. The SMILES string of the molecule is CCc1cccc(C)c1NC(=O)CSc1nc(-c2ccccc2)[nH]c1S(=O)(=O)c1ccccc1. The molecule has 1 amide bonds. The third kappa shape index (κ3) is 5.08. The number of para-hydroxylation sites is 1. The average Bonchev–Trinajstić information content (AvgIpc) is 3.30. The van der Waals surface area contributed by atoms with Crippen LogP contribution >= 0.6 is 11.8 Å². The Morgan fingerprint density at radius 2 is 1.65 bits per heavy atom. The zero-order valence-electron chi connectivity index (χ0n) is 18.9. The molecular formula is C26H25N3O3S2. The van der Waals surface area contributed by atoms with E-state index in [0.29, 0.717) is 5.82 Å². The van der Waals surface area contributed by atoms with Crippen molar-refractivity contribution >= 4 is 33.2 Å². The van der Waals surface area contributed by atoms with Gasteiger partial charge in [-0.1, -0.05) is 85.4 Å². The normalized spacial score (nSPS) is 11.4. The molecule has 0 bridgehead atoms. The smallest absolute Gasteiger partial charge is 0.234 e. The van der Waals surface area contributed by atoms with Crippen LogP contribution < -0.4 is 5.32 Å². The number of hydrogen-bond acceptors (Lipinski definition) is 5. The van der Waals surface area contributed by atoms with Crippen molar-refractivity contribution < 1.29 is 13.2 Å². The first-order valence-electron chi connectivity index (χ1n) is 10.9. The molecule has 1 heterocycles. The third-order valence-electron chi connectivity index (χ3n) is 5.35. The second-order valence-corrected chi connectivity index (χ2v) is 10.6. The van der Waals surface area contributed by atoms with Crippen molar-refractivity contribution in [3.05, 3.63) is 90.0 Å². The molecule has 34 heavy (non-hydrogen) atoms. The number of imidazole rings is 1. The molecule has 0 spiro atoms. The largest absolute Gasteiger partial charge is 0.328 e. The number of aryl methyl sites for hydroxylation is 2. The molecule has 8 heteroatoms. The minimum absolute atomic E-state index is 0.0134. The highest BCUT2D eigenvalue weighted by molar-refractivity contribution is 8.00. The van der Waals surface area contributed by atoms with Crippen molar-refractivity contribution in [3.63, 3.8) is 0 Å². The summed E-state index contributed by atoms with van der Waals surface area (Å²) in [6, 6.07) is 23.4. The van der Waals surface area contributed by atoms with Gasteiger partial charge in [0.05, 0.1) is 10.6 Å². The van der Waals surface area contributed by atoms with Crippen LogP contribution in [-0.2, 0) is 21.1 Å². The number of nitrogens with zero attached hydrogens (tertiary/aromatic N) is 1. The number of rotatable bonds is 8. The Morgan fingerprint density at radius 1 is 0.971 bits per heavy atom. The molecule has 3 aromatic carbocycles. The monoisotopic (exact) mass is 491 g/mol. The lowest BCUT2D eigenvalue weighted by Crippen LogP contribution is -2.16. The van der Waals surface area contributed by atoms with E-state index in [0.717, 1.165) is 40.6 Å². The predicted molar refractivity (Wildman–Crippen MR) is 136 cm³/mol. The van der Waals surface area contributed by atoms with Gasteiger partial charge >= 0.3 is 0 Å². The number of aromatic amines is 1. The Balaban J connectivity index is 1.63. The third-order valence-corrected chi connectivity index (χ3v) is 8.18. The van der Waals surface area contributed by atoms with Gasteiger partial charge in [-0.2, -0.15) is 0 Å². The van der Waals surface area contributed by atoms with Gasteiger partial charge in [0.1, 0.15) is 10.9 Å². The van der Waals surface area contributed by atoms with E-state index in [2.05, 4.69) is 15.3 Å². The summed E-state index contributed by atoms with van der Waals surface area (Å²) in [5.41, 5.74) is 3.60. The second-order valence-electron chi connectivity index (χ2n) is 7.70. The minimum Gasteiger partial charge on any atom is -0.328 e. The Labute approximate surface area is 203 Å². The lowest BCUT2D eigenvalue weighted by molar-refractivity contribution is -0.113. The van der Waals surface area contributed by atoms with Crippen molar-refractivity contribution in [2.75, 3.05) is 11.1 Å². The van der Waals surface area contributed by atoms with Crippen molar-refractivity contribution in [1.29, 1.82) is 0 Å². The molecule has 0 saturated carbocycles. The maximum atomic E-state index is 13.4. The molecule has 1 aromatic heterocycles. The number of carbonyl (C=O) groups excluding carboxylic acids is 1. The lowest BCUT2D eigenvalue weighted by atomic mass is 10.1. The van der Waals surface area contributed by atoms with Gasteiger partial charge in [-0.25, -0.2) is 13.4 Å². The molecule has 174 valence electrons. The van der Waals surface area contributed by atoms with Crippen LogP contribution in [-0.4, -0.2) is 30.0 Å². The van der Waals surface area contributed by atoms with E-state index in [4.69, 9.17) is 0 Å². The summed E-state index contributed by atoms with van der Waals surface area (Å²) in [4.78, 5) is 20.5. The van der Waals surface area contributed by atoms with Crippen LogP contribution in [0.2, 0.25) is 0 Å². The summed E-state index contributed by atoms with van der Waals surface area (Å²) in [5, 5.41) is 3.23. The number of hydrogen-bond donors (Lipinski definition) is 2. The molecule has 0 radical (unpaired) electrons. The predicted octanol–water partition coefficient (Wildman–Crippen LogP) is 5.51. The Hall–Kier alpha value is -3.36. The molecule has 4 aromatic rings. The first-order chi connectivity index (χ1) is 16.4. The van der Waals surface area contributed by atoms with Crippen molar-refractivity contribution in [2.24, 2.45) is 0 Å². The van der Waals surface area contributed by atoms with E-state index in [9.17, 15) is 13.2 Å². The van der Waals surface area contributed by atoms with Crippen molar-refractivity contribution in [2.45, 2.75) is 35.2 Å². The van der Waals surface area contributed by atoms with Crippen LogP contribution in [0.3, 0.4) is 0 Å². The van der Waals surface area contributed by atoms with Crippen LogP contribution in [0, 0.1) is 6.92 Å². The zero-order chi connectivity index (χ0) is 24.1. The Bertz CT molecular complexity index is 1400. The molecule has 2 N–H and O–H groups in total. The number of benzene rings is 3. The van der Waals surface area contributed by atoms with Crippen LogP contribution in [0.5, 0.6) is 0 Å². The summed E-state index contributed by atoms with van der Waals surface area (Å²) < 4.78 is 26.8. The number of aromatic nitrogens is 2. The second kappa shape index (κ2) is 10.3. The first kappa shape index (κ1) is 23.8. The molecular weight excluding hydrogens is 466 g/mol. The maximum absolute atomic E-state index is 13.4. The molecule has 0 aliphatic rings. The van der Waals surface area contributed by atoms with Crippen LogP contribution in [0.25, 0.3) is 11.4 Å². The number of anilines is 1. The number of nitrogens with one attached hydrogen (secondary N) is 2. The number of sulfone groups is 1. The topological polar surface area (TPSA) is 91.9 Å². The van der Waals surface area contributed by atoms with E-state index in [-0.39, 0.29) is 26.6 Å². The van der Waals surface area contributed by atoms with Gasteiger partial charge in [0.25, 0.3) is 0 Å². The first-order valence-corrected chi connectivity index (χ1v) is 13.3. The highest BCUT2D eigenvalue weighted by Crippen LogP contribution is 2.32. The highest BCUT2D eigenvalue weighted by atomic mass is 32.2. The number of H-pyrrole nitrogens is 1. The fourth-order valence-electron chi connectivity index (χ4n) is 3.58. The van der Waals surface area contributed by atoms with Crippen LogP contribution in [0.15, 0.2) is 93.8 Å². The number of thioether (sulfide) groups is 1. The molecule has 0 fully saturated rings. The van der Waals surface area contributed by atoms with Gasteiger partial charge in [-0.3, -0.25) is 4.79 Å². The van der Waals surface area contributed by atoms with E-state index < -0.39 is 9.84 Å². The highest BCUT2D eigenvalue weighted by Gasteiger charge is 2.26. The standard InChI is InChI=1S/C26H25N3O3S2/c1-3-19-14-10-11-18(2)23(19)27-22(30)17-33-25-26(34(31,32)21-15-8-5-9-16-21)29-24(28-25)20-12-6-4-7-13-20/h4-16H,3,17H2,1-2H3,(H,27,30)(H,28,29). The van der Waals surface area contributed by atoms with E-state index in [1.807, 2.05) is 62.4 Å². The molecule has 0 aliphatic carbocycles. The fourth-order valence-corrected chi connectivity index (χ4v) is 6.02. The summed E-state index contributed by atoms with van der Waals surface area (Å²) in [6.07, 6.45) is 0.795. The van der Waals surface area contributed by atoms with Gasteiger partial charge in [0.15, 0.2) is 5.03 Å². The molecule has 6 nitrogen and oxygen atoms in total. The van der Waals surface area contributed by atoms with E-state index in [1.54, 1.807) is 30.3 Å². The van der Waals surface area contributed by atoms with Crippen molar-refractivity contribution in [1.82, 2.24) is 9.97 Å². The molecule has 4 rings (SSSR count). The summed E-state index contributed by atoms with van der Waals surface area (Å²) in [5.74, 6) is 0.236. The minimum atomic E-state index is -3.85. The van der Waals surface area contributed by atoms with Crippen LogP contribution in [0.1, 0.15) is 18.1 Å². The van der Waals surface area contributed by atoms with Gasteiger partial charge < -0.3 is 10.3 Å². The maximum Gasteiger partial charge on any atom is 0.234 e. The Morgan fingerprint density at radius 3 is 2.32 bits per heavy atom. The van der Waals surface area contributed by atoms with Gasteiger partial charge in [-0.15, -0.1) is 0 Å². The van der Waals surface area contributed by atoms with E-state index in [1.165, 1.54) is 0 Å². The quantitative estimate of drug-likeness (QED) is 0.317.